The average Bonchev–Trinajstić information content (AvgIpc) is 2.55. The van der Waals surface area contributed by atoms with E-state index in [1.165, 1.54) is 18.6 Å². The Labute approximate surface area is 140 Å². The minimum absolute atomic E-state index is 0.681. The van der Waals surface area contributed by atoms with E-state index in [1.807, 2.05) is 18.2 Å². The van der Waals surface area contributed by atoms with Crippen molar-refractivity contribution >= 4 is 0 Å². The molecule has 136 valence electrons. The highest BCUT2D eigenvalue weighted by Crippen LogP contribution is 1.89. The maximum absolute atomic E-state index is 5.37. The number of hydrogen-bond donors (Lipinski definition) is 6. The zero-order valence-electron chi connectivity index (χ0n) is 14.2. The fourth-order valence-corrected chi connectivity index (χ4v) is 1.74. The number of nitrogens with two attached hydrogens (primary N) is 6. The van der Waals surface area contributed by atoms with E-state index in [-0.39, 0.29) is 0 Å². The Hall–Kier alpha value is -1.58. The molecular formula is C15H36N8. The predicted octanol–water partition coefficient (Wildman–Crippen LogP) is -2.13. The predicted molar refractivity (Wildman–Crippen MR) is 100 cm³/mol. The Morgan fingerprint density at radius 3 is 1.04 bits per heavy atom. The molecule has 0 rings (SSSR count). The zero-order chi connectivity index (χ0) is 17.8. The molecule has 0 aliphatic carbocycles. The van der Waals surface area contributed by atoms with Gasteiger partial charge in [-0.3, -0.25) is 9.80 Å². The third-order valence-electron chi connectivity index (χ3n) is 2.84. The lowest BCUT2D eigenvalue weighted by molar-refractivity contribution is 0.297. The maximum Gasteiger partial charge on any atom is 0.0186 e. The SMILES string of the molecule is NC=CCN(CC=CN)CC=CN.NCCN(CCN)CCN. The molecule has 0 fully saturated rings. The Bertz CT molecular complexity index is 256. The first-order valence-electron chi connectivity index (χ1n) is 7.85. The van der Waals surface area contributed by atoms with Crippen molar-refractivity contribution in [2.24, 2.45) is 34.4 Å². The van der Waals surface area contributed by atoms with E-state index >= 15 is 0 Å². The third kappa shape index (κ3) is 18.4. The number of nitrogens with zero attached hydrogens (tertiary/aromatic N) is 2. The summed E-state index contributed by atoms with van der Waals surface area (Å²) in [5.41, 5.74) is 31.8. The lowest BCUT2D eigenvalue weighted by Gasteiger charge is -2.18. The molecule has 0 amide bonds. The molecule has 0 radical (unpaired) electrons. The fourth-order valence-electron chi connectivity index (χ4n) is 1.74. The van der Waals surface area contributed by atoms with E-state index < -0.39 is 0 Å². The lowest BCUT2D eigenvalue weighted by atomic mass is 10.4. The summed E-state index contributed by atoms with van der Waals surface area (Å²) in [4.78, 5) is 4.30. The Morgan fingerprint density at radius 1 is 0.522 bits per heavy atom. The van der Waals surface area contributed by atoms with E-state index in [0.29, 0.717) is 19.6 Å². The van der Waals surface area contributed by atoms with Gasteiger partial charge >= 0.3 is 0 Å². The second-order valence-corrected chi connectivity index (χ2v) is 4.71. The minimum atomic E-state index is 0.681. The highest BCUT2D eigenvalue weighted by atomic mass is 15.1. The van der Waals surface area contributed by atoms with E-state index in [9.17, 15) is 0 Å². The number of hydrogen-bond acceptors (Lipinski definition) is 8. The fraction of sp³-hybridized carbons (Fsp3) is 0.600. The van der Waals surface area contributed by atoms with Crippen LogP contribution in [0.3, 0.4) is 0 Å². The van der Waals surface area contributed by atoms with Crippen LogP contribution in [0.25, 0.3) is 0 Å². The summed E-state index contributed by atoms with van der Waals surface area (Å²) >= 11 is 0. The third-order valence-corrected chi connectivity index (χ3v) is 2.84. The molecule has 0 aliphatic heterocycles. The molecule has 0 heterocycles. The monoisotopic (exact) mass is 328 g/mol. The van der Waals surface area contributed by atoms with E-state index in [4.69, 9.17) is 34.4 Å². The molecule has 0 spiro atoms. The molecule has 0 unspecified atom stereocenters. The summed E-state index contributed by atoms with van der Waals surface area (Å²) in [5, 5.41) is 0. The van der Waals surface area contributed by atoms with Crippen LogP contribution in [0.5, 0.6) is 0 Å². The van der Waals surface area contributed by atoms with Gasteiger partial charge in [0.15, 0.2) is 0 Å². The van der Waals surface area contributed by atoms with Crippen molar-refractivity contribution in [3.63, 3.8) is 0 Å². The molecule has 8 heteroatoms. The van der Waals surface area contributed by atoms with Crippen molar-refractivity contribution in [1.82, 2.24) is 9.80 Å². The topological polar surface area (TPSA) is 163 Å². The maximum atomic E-state index is 5.37. The Morgan fingerprint density at radius 2 is 0.826 bits per heavy atom. The average molecular weight is 329 g/mol. The van der Waals surface area contributed by atoms with Gasteiger partial charge in [-0.15, -0.1) is 0 Å². The molecule has 0 atom stereocenters. The first-order chi connectivity index (χ1) is 11.2. The summed E-state index contributed by atoms with van der Waals surface area (Å²) in [7, 11) is 0. The van der Waals surface area contributed by atoms with Gasteiger partial charge in [0.1, 0.15) is 0 Å². The van der Waals surface area contributed by atoms with Crippen LogP contribution >= 0.6 is 0 Å². The highest BCUT2D eigenvalue weighted by Gasteiger charge is 1.99. The van der Waals surface area contributed by atoms with Crippen LogP contribution in [0.15, 0.2) is 36.8 Å². The van der Waals surface area contributed by atoms with E-state index in [1.54, 1.807) is 0 Å². The molecule has 0 aromatic heterocycles. The first-order valence-corrected chi connectivity index (χ1v) is 7.85. The zero-order valence-corrected chi connectivity index (χ0v) is 14.2. The van der Waals surface area contributed by atoms with Crippen molar-refractivity contribution in [2.45, 2.75) is 0 Å². The Kier molecular flexibility index (Phi) is 21.0. The molecule has 0 aromatic rings. The van der Waals surface area contributed by atoms with Crippen molar-refractivity contribution in [2.75, 3.05) is 58.9 Å². The molecule has 0 saturated heterocycles. The summed E-state index contributed by atoms with van der Waals surface area (Å²) in [5.74, 6) is 0. The van der Waals surface area contributed by atoms with Gasteiger partial charge in [0.25, 0.3) is 0 Å². The molecule has 0 saturated carbocycles. The van der Waals surface area contributed by atoms with Crippen LogP contribution in [0, 0.1) is 0 Å². The van der Waals surface area contributed by atoms with Gasteiger partial charge in [-0.05, 0) is 18.6 Å². The minimum Gasteiger partial charge on any atom is -0.405 e. The lowest BCUT2D eigenvalue weighted by Crippen LogP contribution is -2.37. The van der Waals surface area contributed by atoms with Gasteiger partial charge in [-0.2, -0.15) is 0 Å². The Balaban J connectivity index is 0. The van der Waals surface area contributed by atoms with Gasteiger partial charge in [0.05, 0.1) is 0 Å². The van der Waals surface area contributed by atoms with Crippen LogP contribution in [-0.4, -0.2) is 68.7 Å². The van der Waals surface area contributed by atoms with Gasteiger partial charge in [-0.1, -0.05) is 18.2 Å². The largest absolute Gasteiger partial charge is 0.405 e. The first kappa shape index (κ1) is 23.7. The molecular weight excluding hydrogens is 292 g/mol. The summed E-state index contributed by atoms with van der Waals surface area (Å²) in [6.45, 7) is 7.12. The second kappa shape index (κ2) is 20.4. The van der Waals surface area contributed by atoms with Crippen LogP contribution < -0.4 is 34.4 Å². The molecule has 0 aromatic carbocycles. The smallest absolute Gasteiger partial charge is 0.0186 e. The van der Waals surface area contributed by atoms with Crippen LogP contribution in [0.1, 0.15) is 0 Å². The van der Waals surface area contributed by atoms with Gasteiger partial charge in [0.2, 0.25) is 0 Å². The van der Waals surface area contributed by atoms with Crippen LogP contribution in [0.2, 0.25) is 0 Å². The van der Waals surface area contributed by atoms with Gasteiger partial charge in [0, 0.05) is 58.9 Å². The second-order valence-electron chi connectivity index (χ2n) is 4.71. The van der Waals surface area contributed by atoms with Gasteiger partial charge < -0.3 is 34.4 Å². The number of rotatable bonds is 12. The van der Waals surface area contributed by atoms with E-state index in [2.05, 4.69) is 9.80 Å². The standard InChI is InChI=1S/C9H18N4.C6H18N4/c10-4-1-7-13(8-2-5-11)9-3-6-12;7-1-4-10(5-2-8)6-3-9/h1-6H,7-12H2;1-9H2. The van der Waals surface area contributed by atoms with Crippen molar-refractivity contribution in [1.29, 1.82) is 0 Å². The van der Waals surface area contributed by atoms with Crippen molar-refractivity contribution in [3.05, 3.63) is 36.8 Å². The molecule has 8 nitrogen and oxygen atoms in total. The molecule has 23 heavy (non-hydrogen) atoms. The summed E-state index contributed by atoms with van der Waals surface area (Å²) in [6.07, 6.45) is 10.3. The van der Waals surface area contributed by atoms with Crippen LogP contribution in [-0.2, 0) is 0 Å². The van der Waals surface area contributed by atoms with E-state index in [0.717, 1.165) is 39.3 Å². The quantitative estimate of drug-likeness (QED) is 0.236. The van der Waals surface area contributed by atoms with Crippen molar-refractivity contribution in [3.8, 4) is 0 Å². The van der Waals surface area contributed by atoms with Crippen LogP contribution in [0.4, 0.5) is 0 Å². The molecule has 12 N–H and O–H groups in total. The molecule has 0 bridgehead atoms. The molecule has 0 aliphatic rings. The normalized spacial score (nSPS) is 11.9. The summed E-state index contributed by atoms with van der Waals surface area (Å²) < 4.78 is 0. The van der Waals surface area contributed by atoms with Gasteiger partial charge in [-0.25, -0.2) is 0 Å². The van der Waals surface area contributed by atoms with Crippen molar-refractivity contribution < 1.29 is 0 Å². The summed E-state index contributed by atoms with van der Waals surface area (Å²) in [6, 6.07) is 0. The highest BCUT2D eigenvalue weighted by molar-refractivity contribution is 4.90.